The SMILES string of the molecule is COC(CNC(=O)Cc1ccccc1OC(F)F)C(=O)O. The summed E-state index contributed by atoms with van der Waals surface area (Å²) in [4.78, 5) is 22.4. The van der Waals surface area contributed by atoms with E-state index in [2.05, 4.69) is 14.8 Å². The zero-order chi connectivity index (χ0) is 15.8. The number of benzene rings is 1. The maximum absolute atomic E-state index is 12.2. The summed E-state index contributed by atoms with van der Waals surface area (Å²) >= 11 is 0. The molecule has 0 bridgehead atoms. The van der Waals surface area contributed by atoms with Crippen LogP contribution in [0.1, 0.15) is 5.56 Å². The van der Waals surface area contributed by atoms with Crippen LogP contribution >= 0.6 is 0 Å². The molecule has 0 spiro atoms. The lowest BCUT2D eigenvalue weighted by Crippen LogP contribution is -2.38. The Labute approximate surface area is 119 Å². The van der Waals surface area contributed by atoms with Crippen molar-refractivity contribution in [2.45, 2.75) is 19.1 Å². The first-order valence-electron chi connectivity index (χ1n) is 5.99. The summed E-state index contributed by atoms with van der Waals surface area (Å²) in [5.41, 5.74) is 0.277. The standard InChI is InChI=1S/C13H15F2NO5/c1-20-10(12(18)19)7-16-11(17)6-8-4-2-3-5-9(8)21-13(14)15/h2-5,10,13H,6-7H2,1H3,(H,16,17)(H,18,19). The Bertz CT molecular complexity index is 495. The molecule has 0 heterocycles. The van der Waals surface area contributed by atoms with Crippen LogP contribution in [-0.2, 0) is 20.7 Å². The van der Waals surface area contributed by atoms with Gasteiger partial charge in [-0.2, -0.15) is 8.78 Å². The molecule has 0 aliphatic heterocycles. The van der Waals surface area contributed by atoms with Crippen molar-refractivity contribution in [3.63, 3.8) is 0 Å². The number of amides is 1. The van der Waals surface area contributed by atoms with Crippen molar-refractivity contribution in [2.75, 3.05) is 13.7 Å². The molecule has 1 aromatic rings. The lowest BCUT2D eigenvalue weighted by molar-refractivity contribution is -0.148. The number of para-hydroxylation sites is 1. The zero-order valence-electron chi connectivity index (χ0n) is 11.2. The Balaban J connectivity index is 2.60. The summed E-state index contributed by atoms with van der Waals surface area (Å²) in [6.45, 7) is -3.21. The fourth-order valence-corrected chi connectivity index (χ4v) is 1.57. The van der Waals surface area contributed by atoms with Crippen LogP contribution in [0.3, 0.4) is 0 Å². The summed E-state index contributed by atoms with van der Waals surface area (Å²) in [6, 6.07) is 5.88. The molecule has 0 aliphatic rings. The minimum absolute atomic E-state index is 0.0934. The maximum Gasteiger partial charge on any atom is 0.387 e. The second kappa shape index (κ2) is 8.15. The summed E-state index contributed by atoms with van der Waals surface area (Å²) in [5, 5.41) is 11.1. The van der Waals surface area contributed by atoms with Gasteiger partial charge in [-0.15, -0.1) is 0 Å². The molecule has 1 unspecified atom stereocenters. The van der Waals surface area contributed by atoms with E-state index >= 15 is 0 Å². The van der Waals surface area contributed by atoms with Crippen molar-refractivity contribution in [2.24, 2.45) is 0 Å². The highest BCUT2D eigenvalue weighted by Crippen LogP contribution is 2.20. The van der Waals surface area contributed by atoms with Crippen LogP contribution in [0.4, 0.5) is 8.78 Å². The third-order valence-electron chi connectivity index (χ3n) is 2.58. The molecule has 1 rings (SSSR count). The van der Waals surface area contributed by atoms with E-state index in [-0.39, 0.29) is 24.3 Å². The van der Waals surface area contributed by atoms with Gasteiger partial charge in [-0.1, -0.05) is 18.2 Å². The first-order valence-corrected chi connectivity index (χ1v) is 5.99. The van der Waals surface area contributed by atoms with Crippen molar-refractivity contribution in [3.8, 4) is 5.75 Å². The summed E-state index contributed by atoms with van der Waals surface area (Å²) in [7, 11) is 1.21. The van der Waals surface area contributed by atoms with Crippen molar-refractivity contribution in [3.05, 3.63) is 29.8 Å². The van der Waals surface area contributed by atoms with Crippen molar-refractivity contribution in [1.82, 2.24) is 5.32 Å². The highest BCUT2D eigenvalue weighted by Gasteiger charge is 2.18. The van der Waals surface area contributed by atoms with E-state index in [0.29, 0.717) is 0 Å². The fraction of sp³-hybridized carbons (Fsp3) is 0.385. The van der Waals surface area contributed by atoms with E-state index < -0.39 is 24.6 Å². The summed E-state index contributed by atoms with van der Waals surface area (Å²) in [5.74, 6) is -1.83. The van der Waals surface area contributed by atoms with Crippen LogP contribution in [-0.4, -0.2) is 43.4 Å². The molecule has 116 valence electrons. The smallest absolute Gasteiger partial charge is 0.387 e. The number of carbonyl (C=O) groups is 2. The molecule has 0 saturated heterocycles. The van der Waals surface area contributed by atoms with Gasteiger partial charge in [-0.25, -0.2) is 4.79 Å². The number of methoxy groups -OCH3 is 1. The second-order valence-electron chi connectivity index (χ2n) is 4.03. The van der Waals surface area contributed by atoms with Crippen LogP contribution in [0, 0.1) is 0 Å². The Kier molecular flexibility index (Phi) is 6.54. The predicted molar refractivity (Wildman–Crippen MR) is 68.2 cm³/mol. The molecule has 0 radical (unpaired) electrons. The lowest BCUT2D eigenvalue weighted by Gasteiger charge is -2.13. The van der Waals surface area contributed by atoms with Crippen LogP contribution in [0.2, 0.25) is 0 Å². The van der Waals surface area contributed by atoms with E-state index in [0.717, 1.165) is 0 Å². The Morgan fingerprint density at radius 2 is 2.00 bits per heavy atom. The minimum atomic E-state index is -2.99. The molecular formula is C13H15F2NO5. The number of ether oxygens (including phenoxy) is 2. The Hall–Kier alpha value is -2.22. The largest absolute Gasteiger partial charge is 0.479 e. The van der Waals surface area contributed by atoms with Crippen molar-refractivity contribution < 1.29 is 33.0 Å². The molecule has 0 fully saturated rings. The van der Waals surface area contributed by atoms with Gasteiger partial charge in [0.15, 0.2) is 6.10 Å². The number of carbonyl (C=O) groups excluding carboxylic acids is 1. The predicted octanol–water partition coefficient (Wildman–Crippen LogP) is 1.05. The summed E-state index contributed by atoms with van der Waals surface area (Å²) < 4.78 is 33.4. The number of alkyl halides is 2. The molecule has 8 heteroatoms. The van der Waals surface area contributed by atoms with E-state index in [9.17, 15) is 18.4 Å². The number of halogens is 2. The highest BCUT2D eigenvalue weighted by atomic mass is 19.3. The second-order valence-corrected chi connectivity index (χ2v) is 4.03. The average Bonchev–Trinajstić information content (AvgIpc) is 2.40. The Morgan fingerprint density at radius 1 is 1.33 bits per heavy atom. The summed E-state index contributed by atoms with van der Waals surface area (Å²) in [6.07, 6.45) is -1.37. The molecule has 6 nitrogen and oxygen atoms in total. The van der Waals surface area contributed by atoms with Crippen LogP contribution in [0.25, 0.3) is 0 Å². The minimum Gasteiger partial charge on any atom is -0.479 e. The molecule has 0 aliphatic carbocycles. The van der Waals surface area contributed by atoms with E-state index in [1.807, 2.05) is 0 Å². The van der Waals surface area contributed by atoms with Gasteiger partial charge < -0.3 is 19.9 Å². The van der Waals surface area contributed by atoms with Crippen LogP contribution in [0.5, 0.6) is 5.75 Å². The molecular weight excluding hydrogens is 288 g/mol. The highest BCUT2D eigenvalue weighted by molar-refractivity contribution is 5.80. The van der Waals surface area contributed by atoms with Crippen molar-refractivity contribution in [1.29, 1.82) is 0 Å². The first-order chi connectivity index (χ1) is 9.93. The average molecular weight is 303 g/mol. The number of aliphatic carboxylic acids is 1. The molecule has 21 heavy (non-hydrogen) atoms. The normalized spacial score (nSPS) is 12.0. The quantitative estimate of drug-likeness (QED) is 0.750. The van der Waals surface area contributed by atoms with E-state index in [1.165, 1.54) is 25.3 Å². The van der Waals surface area contributed by atoms with Gasteiger partial charge in [0.05, 0.1) is 13.0 Å². The fourth-order valence-electron chi connectivity index (χ4n) is 1.57. The van der Waals surface area contributed by atoms with Gasteiger partial charge in [0.25, 0.3) is 0 Å². The van der Waals surface area contributed by atoms with Gasteiger partial charge in [-0.05, 0) is 6.07 Å². The number of carboxylic acid groups (broad SMARTS) is 1. The van der Waals surface area contributed by atoms with E-state index in [1.54, 1.807) is 6.07 Å². The number of carboxylic acids is 1. The molecule has 2 N–H and O–H groups in total. The maximum atomic E-state index is 12.2. The number of nitrogens with one attached hydrogen (secondary N) is 1. The third kappa shape index (κ3) is 5.74. The number of rotatable bonds is 8. The zero-order valence-corrected chi connectivity index (χ0v) is 11.2. The van der Waals surface area contributed by atoms with Crippen LogP contribution in [0.15, 0.2) is 24.3 Å². The molecule has 1 aromatic carbocycles. The third-order valence-corrected chi connectivity index (χ3v) is 2.58. The lowest BCUT2D eigenvalue weighted by atomic mass is 10.1. The molecule has 0 saturated carbocycles. The van der Waals surface area contributed by atoms with Gasteiger partial charge in [-0.3, -0.25) is 4.79 Å². The van der Waals surface area contributed by atoms with Crippen molar-refractivity contribution >= 4 is 11.9 Å². The van der Waals surface area contributed by atoms with Gasteiger partial charge in [0.1, 0.15) is 5.75 Å². The number of hydrogen-bond acceptors (Lipinski definition) is 4. The topological polar surface area (TPSA) is 84.9 Å². The first kappa shape index (κ1) is 16.8. The molecule has 0 aromatic heterocycles. The molecule has 1 atom stereocenters. The number of hydrogen-bond donors (Lipinski definition) is 2. The van der Waals surface area contributed by atoms with Gasteiger partial charge in [0, 0.05) is 12.7 Å². The Morgan fingerprint density at radius 3 is 2.57 bits per heavy atom. The van der Waals surface area contributed by atoms with E-state index in [4.69, 9.17) is 5.11 Å². The monoisotopic (exact) mass is 303 g/mol. The van der Waals surface area contributed by atoms with Crippen LogP contribution < -0.4 is 10.1 Å². The van der Waals surface area contributed by atoms with Gasteiger partial charge >= 0.3 is 12.6 Å². The molecule has 1 amide bonds. The van der Waals surface area contributed by atoms with Gasteiger partial charge in [0.2, 0.25) is 5.91 Å².